The number of amides is 5. The SMILES string of the molecule is CC(C)[C@@H]1NC(=O)/C=C/[C@@H](NC(=O)[C@@H](NC(=O)CNC(=O)OC(C)(C)C)C(C)C)COC(=O)[C@H](Cc2ccc(O)cc2)NC1=O. The average Bonchev–Trinajstić information content (AvgIpc) is 2.93. The first-order valence-electron chi connectivity index (χ1n) is 14.8. The van der Waals surface area contributed by atoms with E-state index in [1.54, 1.807) is 60.6 Å². The van der Waals surface area contributed by atoms with Crippen molar-refractivity contribution in [3.8, 4) is 5.75 Å². The van der Waals surface area contributed by atoms with Crippen LogP contribution >= 0.6 is 0 Å². The number of rotatable bonds is 9. The molecule has 1 aromatic rings. The number of ether oxygens (including phenoxy) is 2. The van der Waals surface area contributed by atoms with Crippen molar-refractivity contribution in [2.75, 3.05) is 13.2 Å². The second-order valence-corrected chi connectivity index (χ2v) is 12.4. The molecule has 4 atom stereocenters. The third-order valence-electron chi connectivity index (χ3n) is 6.49. The third kappa shape index (κ3) is 12.9. The lowest BCUT2D eigenvalue weighted by atomic mass is 10.0. The number of alkyl carbamates (subject to hydrolysis) is 1. The van der Waals surface area contributed by atoms with Crippen molar-refractivity contribution < 1.29 is 43.3 Å². The Morgan fingerprint density at radius 1 is 1.04 bits per heavy atom. The number of aromatic hydroxyl groups is 1. The topological polar surface area (TPSA) is 201 Å². The van der Waals surface area contributed by atoms with Gasteiger partial charge in [0, 0.05) is 12.5 Å². The molecule has 0 spiro atoms. The molecule has 14 heteroatoms. The van der Waals surface area contributed by atoms with Gasteiger partial charge in [0.25, 0.3) is 0 Å². The number of carbonyl (C=O) groups is 6. The summed E-state index contributed by atoms with van der Waals surface area (Å²) < 4.78 is 10.6. The fourth-order valence-electron chi connectivity index (χ4n) is 4.18. The third-order valence-corrected chi connectivity index (χ3v) is 6.49. The highest BCUT2D eigenvalue weighted by Crippen LogP contribution is 2.13. The van der Waals surface area contributed by atoms with Crippen LogP contribution in [0.1, 0.15) is 54.0 Å². The standard InChI is InChI=1S/C31H45N5O9/c1-17(2)25(36-24(39)15-32-30(43)45-31(5,6)7)27(40)33-20-10-13-23(38)35-26(18(3)4)28(41)34-22(29(42)44-16-20)14-19-8-11-21(37)12-9-19/h8-13,17-18,20,22,25-26,37H,14-16H2,1-7H3,(H,32,43)(H,33,40)(H,34,41)(H,35,38)(H,36,39)/b13-10+/t20-,22+,25+,26+/m1/s1. The summed E-state index contributed by atoms with van der Waals surface area (Å²) in [6.45, 7) is 11.1. The first-order valence-corrected chi connectivity index (χ1v) is 14.8. The molecule has 0 radical (unpaired) electrons. The van der Waals surface area contributed by atoms with Gasteiger partial charge in [-0.2, -0.15) is 0 Å². The molecule has 0 saturated heterocycles. The predicted molar refractivity (Wildman–Crippen MR) is 164 cm³/mol. The molecule has 2 rings (SSSR count). The van der Waals surface area contributed by atoms with Crippen LogP contribution < -0.4 is 26.6 Å². The van der Waals surface area contributed by atoms with Crippen LogP contribution in [-0.2, 0) is 39.9 Å². The number of phenols is 1. The minimum Gasteiger partial charge on any atom is -0.508 e. The summed E-state index contributed by atoms with van der Waals surface area (Å²) in [6.07, 6.45) is 1.71. The van der Waals surface area contributed by atoms with Crippen molar-refractivity contribution in [2.45, 2.75) is 84.7 Å². The van der Waals surface area contributed by atoms with Crippen molar-refractivity contribution in [2.24, 2.45) is 11.8 Å². The molecule has 0 unspecified atom stereocenters. The number of carbonyl (C=O) groups excluding carboxylic acids is 6. The molecule has 0 aromatic heterocycles. The molecule has 6 N–H and O–H groups in total. The lowest BCUT2D eigenvalue weighted by Crippen LogP contribution is -2.56. The molecule has 1 aromatic carbocycles. The number of nitrogens with one attached hydrogen (secondary N) is 5. The largest absolute Gasteiger partial charge is 0.508 e. The van der Waals surface area contributed by atoms with Gasteiger partial charge in [-0.15, -0.1) is 0 Å². The number of benzene rings is 1. The maximum absolute atomic E-state index is 13.3. The van der Waals surface area contributed by atoms with Gasteiger partial charge in [-0.25, -0.2) is 9.59 Å². The maximum Gasteiger partial charge on any atom is 0.408 e. The molecular formula is C31H45N5O9. The van der Waals surface area contributed by atoms with E-state index >= 15 is 0 Å². The lowest BCUT2D eigenvalue weighted by Gasteiger charge is -2.27. The Morgan fingerprint density at radius 2 is 1.69 bits per heavy atom. The highest BCUT2D eigenvalue weighted by molar-refractivity contribution is 5.95. The van der Waals surface area contributed by atoms with Gasteiger partial charge in [-0.05, 0) is 50.3 Å². The zero-order valence-corrected chi connectivity index (χ0v) is 26.8. The minimum atomic E-state index is -1.14. The van der Waals surface area contributed by atoms with E-state index in [0.29, 0.717) is 5.56 Å². The molecule has 0 bridgehead atoms. The van der Waals surface area contributed by atoms with Gasteiger partial charge in [-0.1, -0.05) is 45.9 Å². The molecule has 1 aliphatic rings. The molecule has 0 saturated carbocycles. The first-order chi connectivity index (χ1) is 20.9. The molecule has 14 nitrogen and oxygen atoms in total. The smallest absolute Gasteiger partial charge is 0.408 e. The number of phenolic OH excluding ortho intramolecular Hbond substituents is 1. The molecule has 0 fully saturated rings. The average molecular weight is 632 g/mol. The summed E-state index contributed by atoms with van der Waals surface area (Å²) in [5.74, 6) is -3.89. The van der Waals surface area contributed by atoms with Crippen LogP contribution in [-0.4, -0.2) is 83.7 Å². The summed E-state index contributed by atoms with van der Waals surface area (Å²) in [6, 6.07) is 1.96. The van der Waals surface area contributed by atoms with E-state index in [1.165, 1.54) is 18.2 Å². The van der Waals surface area contributed by atoms with Crippen molar-refractivity contribution in [3.63, 3.8) is 0 Å². The maximum atomic E-state index is 13.3. The highest BCUT2D eigenvalue weighted by atomic mass is 16.6. The van der Waals surface area contributed by atoms with Crippen molar-refractivity contribution in [1.29, 1.82) is 0 Å². The summed E-state index contributed by atoms with van der Waals surface area (Å²) >= 11 is 0. The Labute approximate surface area is 263 Å². The van der Waals surface area contributed by atoms with Crippen molar-refractivity contribution in [3.05, 3.63) is 42.0 Å². The number of cyclic esters (lactones) is 1. The molecule has 1 aliphatic heterocycles. The minimum absolute atomic E-state index is 0.0344. The van der Waals surface area contributed by atoms with Gasteiger partial charge in [-0.3, -0.25) is 19.2 Å². The van der Waals surface area contributed by atoms with Gasteiger partial charge >= 0.3 is 12.1 Å². The van der Waals surface area contributed by atoms with Crippen LogP contribution in [0.2, 0.25) is 0 Å². The van der Waals surface area contributed by atoms with Crippen LogP contribution in [0.4, 0.5) is 4.79 Å². The van der Waals surface area contributed by atoms with E-state index in [-0.39, 0.29) is 30.6 Å². The molecule has 1 heterocycles. The van der Waals surface area contributed by atoms with Crippen molar-refractivity contribution >= 4 is 35.7 Å². The molecule has 0 aliphatic carbocycles. The number of hydrogen-bond donors (Lipinski definition) is 6. The monoisotopic (exact) mass is 631 g/mol. The summed E-state index contributed by atoms with van der Waals surface area (Å²) in [7, 11) is 0. The fraction of sp³-hybridized carbons (Fsp3) is 0.548. The Morgan fingerprint density at radius 3 is 2.27 bits per heavy atom. The van der Waals surface area contributed by atoms with E-state index in [1.807, 2.05) is 0 Å². The Bertz CT molecular complexity index is 1250. The Kier molecular flexibility index (Phi) is 13.4. The van der Waals surface area contributed by atoms with E-state index in [2.05, 4.69) is 26.6 Å². The van der Waals surface area contributed by atoms with Crippen LogP contribution in [0.3, 0.4) is 0 Å². The normalized spacial score (nSPS) is 20.8. The fourth-order valence-corrected chi connectivity index (χ4v) is 4.18. The van der Waals surface area contributed by atoms with Gasteiger partial charge in [0.05, 0.1) is 6.04 Å². The zero-order valence-electron chi connectivity index (χ0n) is 26.8. The van der Waals surface area contributed by atoms with Crippen LogP contribution in [0.25, 0.3) is 0 Å². The summed E-state index contributed by atoms with van der Waals surface area (Å²) in [5.41, 5.74) is -0.122. The van der Waals surface area contributed by atoms with Gasteiger partial charge in [0.2, 0.25) is 23.6 Å². The highest BCUT2D eigenvalue weighted by Gasteiger charge is 2.32. The van der Waals surface area contributed by atoms with E-state index < -0.39 is 72.0 Å². The molecule has 5 amide bonds. The zero-order chi connectivity index (χ0) is 33.9. The second kappa shape index (κ2) is 16.5. The summed E-state index contributed by atoms with van der Waals surface area (Å²) in [4.78, 5) is 76.7. The molecule has 248 valence electrons. The van der Waals surface area contributed by atoms with Gasteiger partial charge in [0.15, 0.2) is 0 Å². The lowest BCUT2D eigenvalue weighted by molar-refractivity contribution is -0.149. The van der Waals surface area contributed by atoms with Crippen LogP contribution in [0, 0.1) is 11.8 Å². The summed E-state index contributed by atoms with van der Waals surface area (Å²) in [5, 5.41) is 22.5. The number of esters is 1. The molecular weight excluding hydrogens is 586 g/mol. The van der Waals surface area contributed by atoms with Gasteiger partial charge in [0.1, 0.15) is 42.6 Å². The van der Waals surface area contributed by atoms with E-state index in [0.717, 1.165) is 6.08 Å². The quantitative estimate of drug-likeness (QED) is 0.214. The van der Waals surface area contributed by atoms with Crippen LogP contribution in [0.5, 0.6) is 5.75 Å². The van der Waals surface area contributed by atoms with Crippen LogP contribution in [0.15, 0.2) is 36.4 Å². The second-order valence-electron chi connectivity index (χ2n) is 12.4. The molecule has 45 heavy (non-hydrogen) atoms. The van der Waals surface area contributed by atoms with E-state index in [4.69, 9.17) is 9.47 Å². The van der Waals surface area contributed by atoms with Gasteiger partial charge < -0.3 is 41.2 Å². The first kappa shape index (κ1) is 36.6. The van der Waals surface area contributed by atoms with E-state index in [9.17, 15) is 33.9 Å². The predicted octanol–water partition coefficient (Wildman–Crippen LogP) is 0.824. The Hall–Kier alpha value is -4.62. The van der Waals surface area contributed by atoms with Crippen molar-refractivity contribution in [1.82, 2.24) is 26.6 Å². The number of hydrogen-bond acceptors (Lipinski definition) is 9. The Balaban J connectivity index is 2.21.